The number of aromatic nitrogens is 3. The number of nitrogens with zero attached hydrogens (tertiary/aromatic N) is 4. The first-order valence-corrected chi connectivity index (χ1v) is 8.38. The van der Waals surface area contributed by atoms with Gasteiger partial charge in [-0.25, -0.2) is 4.98 Å². The first-order chi connectivity index (χ1) is 10.7. The number of halogens is 1. The summed E-state index contributed by atoms with van der Waals surface area (Å²) in [6.07, 6.45) is 4.70. The summed E-state index contributed by atoms with van der Waals surface area (Å²) in [5, 5.41) is 14.1. The highest BCUT2D eigenvalue weighted by atomic mass is 127. The van der Waals surface area contributed by atoms with Gasteiger partial charge in [0.25, 0.3) is 0 Å². The fraction of sp³-hybridized carbons (Fsp3) is 0.533. The molecule has 2 N–H and O–H groups in total. The van der Waals surface area contributed by atoms with Crippen molar-refractivity contribution in [2.45, 2.75) is 26.8 Å². The van der Waals surface area contributed by atoms with Crippen molar-refractivity contribution in [2.24, 2.45) is 10.9 Å². The molecule has 2 aromatic heterocycles. The SMILES string of the molecule is CN=C(NCCc1csc(C)n1)NCC(C)Cn1cccn1.I. The second-order valence-corrected chi connectivity index (χ2v) is 6.38. The molecule has 1 unspecified atom stereocenters. The monoisotopic (exact) mass is 448 g/mol. The largest absolute Gasteiger partial charge is 0.356 e. The summed E-state index contributed by atoms with van der Waals surface area (Å²) >= 11 is 1.69. The van der Waals surface area contributed by atoms with Crippen molar-refractivity contribution >= 4 is 41.3 Å². The molecule has 6 nitrogen and oxygen atoms in total. The number of guanidine groups is 1. The Morgan fingerprint density at radius 3 is 2.87 bits per heavy atom. The van der Waals surface area contributed by atoms with Crippen molar-refractivity contribution in [3.8, 4) is 0 Å². The zero-order chi connectivity index (χ0) is 15.8. The molecule has 0 bridgehead atoms. The number of hydrogen-bond acceptors (Lipinski definition) is 4. The normalized spacial score (nSPS) is 12.6. The summed E-state index contributed by atoms with van der Waals surface area (Å²) in [6, 6.07) is 1.95. The quantitative estimate of drug-likeness (QED) is 0.388. The Kier molecular flexibility index (Phi) is 9.15. The van der Waals surface area contributed by atoms with E-state index in [2.05, 4.69) is 38.0 Å². The summed E-state index contributed by atoms with van der Waals surface area (Å²) in [6.45, 7) is 6.81. The molecule has 0 saturated heterocycles. The van der Waals surface area contributed by atoms with Gasteiger partial charge in [0.2, 0.25) is 0 Å². The second-order valence-electron chi connectivity index (χ2n) is 5.32. The number of thiazole rings is 1. The summed E-state index contributed by atoms with van der Waals surface area (Å²) in [5.74, 6) is 1.30. The van der Waals surface area contributed by atoms with Crippen LogP contribution in [0.4, 0.5) is 0 Å². The summed E-state index contributed by atoms with van der Waals surface area (Å²) in [5.41, 5.74) is 1.14. The van der Waals surface area contributed by atoms with E-state index < -0.39 is 0 Å². The zero-order valence-corrected chi connectivity index (χ0v) is 17.0. The smallest absolute Gasteiger partial charge is 0.190 e. The van der Waals surface area contributed by atoms with Gasteiger partial charge in [0, 0.05) is 50.9 Å². The molecule has 0 aliphatic rings. The molecular weight excluding hydrogens is 423 g/mol. The van der Waals surface area contributed by atoms with Gasteiger partial charge in [-0.05, 0) is 18.9 Å². The Morgan fingerprint density at radius 2 is 2.26 bits per heavy atom. The van der Waals surface area contributed by atoms with Crippen LogP contribution in [0.1, 0.15) is 17.6 Å². The highest BCUT2D eigenvalue weighted by Crippen LogP contribution is 2.07. The average Bonchev–Trinajstić information content (AvgIpc) is 3.14. The Morgan fingerprint density at radius 1 is 1.43 bits per heavy atom. The molecule has 0 fully saturated rings. The fourth-order valence-corrected chi connectivity index (χ4v) is 2.76. The molecule has 0 radical (unpaired) electrons. The second kappa shape index (κ2) is 10.6. The van der Waals surface area contributed by atoms with Crippen molar-refractivity contribution in [1.82, 2.24) is 25.4 Å². The van der Waals surface area contributed by atoms with Crippen LogP contribution in [0.25, 0.3) is 0 Å². The molecule has 0 spiro atoms. The van der Waals surface area contributed by atoms with E-state index in [9.17, 15) is 0 Å². The Balaban J connectivity index is 0.00000264. The third kappa shape index (κ3) is 7.30. The molecule has 2 aromatic rings. The Hall–Kier alpha value is -1.16. The maximum atomic E-state index is 4.46. The van der Waals surface area contributed by atoms with Gasteiger partial charge in [0.15, 0.2) is 5.96 Å². The molecule has 2 heterocycles. The highest BCUT2D eigenvalue weighted by molar-refractivity contribution is 14.0. The van der Waals surface area contributed by atoms with Crippen LogP contribution < -0.4 is 10.6 Å². The average molecular weight is 448 g/mol. The topological polar surface area (TPSA) is 67.1 Å². The summed E-state index contributed by atoms with van der Waals surface area (Å²) < 4.78 is 1.95. The van der Waals surface area contributed by atoms with Crippen molar-refractivity contribution in [2.75, 3.05) is 20.1 Å². The summed E-state index contributed by atoms with van der Waals surface area (Å²) in [7, 11) is 1.79. The van der Waals surface area contributed by atoms with Crippen molar-refractivity contribution in [3.63, 3.8) is 0 Å². The molecule has 23 heavy (non-hydrogen) atoms. The van der Waals surface area contributed by atoms with E-state index in [1.807, 2.05) is 23.9 Å². The Labute approximate surface area is 158 Å². The van der Waals surface area contributed by atoms with Crippen LogP contribution in [0, 0.1) is 12.8 Å². The fourth-order valence-electron chi connectivity index (χ4n) is 2.12. The van der Waals surface area contributed by atoms with Gasteiger partial charge in [0.05, 0.1) is 10.7 Å². The van der Waals surface area contributed by atoms with Crippen LogP contribution in [0.2, 0.25) is 0 Å². The van der Waals surface area contributed by atoms with Crippen LogP contribution in [-0.4, -0.2) is 40.9 Å². The van der Waals surface area contributed by atoms with Gasteiger partial charge in [-0.1, -0.05) is 6.92 Å². The van der Waals surface area contributed by atoms with Crippen LogP contribution in [0.3, 0.4) is 0 Å². The lowest BCUT2D eigenvalue weighted by atomic mass is 10.2. The first-order valence-electron chi connectivity index (χ1n) is 7.50. The molecular formula is C15H25IN6S. The maximum Gasteiger partial charge on any atom is 0.190 e. The van der Waals surface area contributed by atoms with E-state index >= 15 is 0 Å². The minimum Gasteiger partial charge on any atom is -0.356 e. The van der Waals surface area contributed by atoms with Crippen LogP contribution in [-0.2, 0) is 13.0 Å². The van der Waals surface area contributed by atoms with E-state index in [1.54, 1.807) is 24.6 Å². The molecule has 0 aromatic carbocycles. The molecule has 0 aliphatic heterocycles. The van der Waals surface area contributed by atoms with Crippen LogP contribution in [0.5, 0.6) is 0 Å². The summed E-state index contributed by atoms with van der Waals surface area (Å²) in [4.78, 5) is 8.71. The van der Waals surface area contributed by atoms with E-state index in [0.717, 1.165) is 42.7 Å². The van der Waals surface area contributed by atoms with Gasteiger partial charge in [0.1, 0.15) is 0 Å². The lowest BCUT2D eigenvalue weighted by molar-refractivity contribution is 0.443. The Bertz CT molecular complexity index is 581. The highest BCUT2D eigenvalue weighted by Gasteiger charge is 2.05. The maximum absolute atomic E-state index is 4.46. The van der Waals surface area contributed by atoms with Gasteiger partial charge in [-0.15, -0.1) is 35.3 Å². The molecule has 8 heteroatoms. The van der Waals surface area contributed by atoms with E-state index in [1.165, 1.54) is 0 Å². The van der Waals surface area contributed by atoms with E-state index in [4.69, 9.17) is 0 Å². The molecule has 2 rings (SSSR count). The molecule has 0 amide bonds. The predicted molar refractivity (Wildman–Crippen MR) is 107 cm³/mol. The number of aryl methyl sites for hydroxylation is 1. The minimum atomic E-state index is 0. The van der Waals surface area contributed by atoms with Crippen molar-refractivity contribution in [1.29, 1.82) is 0 Å². The molecule has 0 saturated carbocycles. The van der Waals surface area contributed by atoms with Crippen LogP contribution >= 0.6 is 35.3 Å². The van der Waals surface area contributed by atoms with Crippen LogP contribution in [0.15, 0.2) is 28.8 Å². The van der Waals surface area contributed by atoms with E-state index in [0.29, 0.717) is 5.92 Å². The van der Waals surface area contributed by atoms with Gasteiger partial charge < -0.3 is 10.6 Å². The standard InChI is InChI=1S/C15H24N6S.HI/c1-12(10-21-8-4-6-19-21)9-18-15(16-3)17-7-5-14-11-22-13(2)20-14;/h4,6,8,11-12H,5,7,9-10H2,1-3H3,(H2,16,17,18);1H. The number of hydrogen-bond donors (Lipinski definition) is 2. The van der Waals surface area contributed by atoms with Gasteiger partial charge in [-0.2, -0.15) is 5.10 Å². The molecule has 128 valence electrons. The minimum absolute atomic E-state index is 0. The van der Waals surface area contributed by atoms with Crippen molar-refractivity contribution < 1.29 is 0 Å². The lowest BCUT2D eigenvalue weighted by Crippen LogP contribution is -2.40. The molecule has 0 aliphatic carbocycles. The van der Waals surface area contributed by atoms with Gasteiger partial charge >= 0.3 is 0 Å². The third-order valence-electron chi connectivity index (χ3n) is 3.24. The predicted octanol–water partition coefficient (Wildman–Crippen LogP) is 2.31. The van der Waals surface area contributed by atoms with Crippen molar-refractivity contribution in [3.05, 3.63) is 34.5 Å². The first kappa shape index (κ1) is 19.9. The lowest BCUT2D eigenvalue weighted by Gasteiger charge is -2.16. The van der Waals surface area contributed by atoms with Gasteiger partial charge in [-0.3, -0.25) is 9.67 Å². The number of aliphatic imine (C=N–C) groups is 1. The number of nitrogens with one attached hydrogen (secondary N) is 2. The zero-order valence-electron chi connectivity index (χ0n) is 13.8. The molecule has 1 atom stereocenters. The third-order valence-corrected chi connectivity index (χ3v) is 4.06. The van der Waals surface area contributed by atoms with E-state index in [-0.39, 0.29) is 24.0 Å². The number of rotatable bonds is 7.